The quantitative estimate of drug-likeness (QED) is 0.162. The van der Waals surface area contributed by atoms with Crippen LogP contribution in [0.3, 0.4) is 0 Å². The van der Waals surface area contributed by atoms with Crippen LogP contribution in [0.15, 0.2) is 65.3 Å². The van der Waals surface area contributed by atoms with Crippen molar-refractivity contribution < 1.29 is 0 Å². The molecule has 0 atom stereocenters. The Labute approximate surface area is 207 Å². The van der Waals surface area contributed by atoms with Gasteiger partial charge in [0.25, 0.3) is 0 Å². The van der Waals surface area contributed by atoms with Crippen molar-refractivity contribution in [2.24, 2.45) is 11.5 Å². The van der Waals surface area contributed by atoms with Crippen molar-refractivity contribution in [1.82, 2.24) is 0 Å². The molecule has 36 heavy (non-hydrogen) atoms. The number of nitrogens with two attached hydrogens (primary N) is 8. The van der Waals surface area contributed by atoms with E-state index >= 15 is 0 Å². The van der Waals surface area contributed by atoms with Gasteiger partial charge in [-0.25, -0.2) is 0 Å². The van der Waals surface area contributed by atoms with Crippen LogP contribution in [0.1, 0.15) is 0 Å². The average molecular weight is 484 g/mol. The zero-order valence-electron chi connectivity index (χ0n) is 19.2. The Bertz CT molecular complexity index is 1520. The number of hydrogen-bond acceptors (Lipinski definition) is 12. The molecule has 2 aliphatic rings. The molecular formula is C24H27N12+. The van der Waals surface area contributed by atoms with E-state index in [0.29, 0.717) is 91.0 Å². The van der Waals surface area contributed by atoms with Crippen LogP contribution in [0.25, 0.3) is 0 Å². The molecule has 0 aromatic heterocycles. The van der Waals surface area contributed by atoms with Gasteiger partial charge >= 0.3 is 0 Å². The monoisotopic (exact) mass is 483 g/mol. The predicted molar refractivity (Wildman–Crippen MR) is 150 cm³/mol. The van der Waals surface area contributed by atoms with E-state index in [4.69, 9.17) is 45.9 Å². The van der Waals surface area contributed by atoms with Crippen molar-refractivity contribution in [3.8, 4) is 0 Å². The molecule has 1 aliphatic heterocycles. The van der Waals surface area contributed by atoms with Gasteiger partial charge in [0.1, 0.15) is 6.08 Å². The summed E-state index contributed by atoms with van der Waals surface area (Å²) in [4.78, 5) is 0. The molecule has 0 saturated heterocycles. The third-order valence-electron chi connectivity index (χ3n) is 5.88. The van der Waals surface area contributed by atoms with Gasteiger partial charge in [-0.15, -0.1) is 0 Å². The second-order valence-corrected chi connectivity index (χ2v) is 8.50. The van der Waals surface area contributed by atoms with Crippen LogP contribution in [0.2, 0.25) is 0 Å². The zero-order valence-corrected chi connectivity index (χ0v) is 19.2. The molecule has 3 aromatic carbocycles. The molecule has 0 radical (unpaired) electrons. The van der Waals surface area contributed by atoms with Gasteiger partial charge in [-0.3, -0.25) is 10.6 Å². The number of benzene rings is 3. The van der Waals surface area contributed by atoms with E-state index in [-0.39, 0.29) is 0 Å². The third kappa shape index (κ3) is 3.85. The molecule has 8 bridgehead atoms. The van der Waals surface area contributed by atoms with Crippen molar-refractivity contribution in [1.29, 1.82) is 0 Å². The first-order valence-electron chi connectivity index (χ1n) is 10.9. The van der Waals surface area contributed by atoms with Crippen LogP contribution >= 0.6 is 0 Å². The van der Waals surface area contributed by atoms with Crippen LogP contribution in [0.4, 0.5) is 68.2 Å². The highest BCUT2D eigenvalue weighted by molar-refractivity contribution is 5.92. The highest BCUT2D eigenvalue weighted by Gasteiger charge is 2.25. The van der Waals surface area contributed by atoms with Crippen molar-refractivity contribution in [2.75, 3.05) is 55.7 Å². The van der Waals surface area contributed by atoms with E-state index in [0.717, 1.165) is 0 Å². The summed E-state index contributed by atoms with van der Waals surface area (Å²) in [6.45, 7) is 0. The summed E-state index contributed by atoms with van der Waals surface area (Å²) in [7, 11) is 0. The summed E-state index contributed by atoms with van der Waals surface area (Å²) < 4.78 is 0. The van der Waals surface area contributed by atoms with Crippen LogP contribution in [0.5, 0.6) is 0 Å². The maximum Gasteiger partial charge on any atom is 0.227 e. The first-order chi connectivity index (χ1) is 17.1. The van der Waals surface area contributed by atoms with Gasteiger partial charge in [0.15, 0.2) is 11.4 Å². The summed E-state index contributed by atoms with van der Waals surface area (Å²) in [6.07, 6.45) is 4.68. The second kappa shape index (κ2) is 8.01. The molecule has 20 N–H and O–H groups in total. The second-order valence-electron chi connectivity index (χ2n) is 8.50. The smallest absolute Gasteiger partial charge is 0.227 e. The number of rotatable bonds is 0. The van der Waals surface area contributed by atoms with Crippen LogP contribution in [-0.2, 0) is 0 Å². The van der Waals surface area contributed by atoms with Gasteiger partial charge in [-0.05, 0) is 36.4 Å². The fraction of sp³-hybridized carbons (Fsp3) is 0. The molecule has 12 nitrogen and oxygen atoms in total. The van der Waals surface area contributed by atoms with Gasteiger partial charge in [-0.1, -0.05) is 0 Å². The lowest BCUT2D eigenvalue weighted by atomic mass is 10.1. The Morgan fingerprint density at radius 3 is 1.22 bits per heavy atom. The molecule has 1 heterocycles. The molecule has 0 saturated carbocycles. The van der Waals surface area contributed by atoms with Gasteiger partial charge in [0.05, 0.1) is 74.3 Å². The number of fused-ring (bicyclic) bond motifs is 7. The van der Waals surface area contributed by atoms with Crippen molar-refractivity contribution in [3.63, 3.8) is 0 Å². The van der Waals surface area contributed by atoms with E-state index in [9.17, 15) is 0 Å². The fourth-order valence-electron chi connectivity index (χ4n) is 3.92. The number of hydrogen-bond donors (Lipinski definition) is 12. The van der Waals surface area contributed by atoms with Gasteiger partial charge in [0.2, 0.25) is 11.4 Å². The first-order valence-corrected chi connectivity index (χ1v) is 10.9. The molecular weight excluding hydrogens is 456 g/mol. The molecule has 12 heteroatoms. The van der Waals surface area contributed by atoms with Gasteiger partial charge in [0, 0.05) is 0 Å². The minimum absolute atomic E-state index is 0.296. The molecule has 182 valence electrons. The molecule has 0 amide bonds. The Kier molecular flexibility index (Phi) is 4.94. The zero-order chi connectivity index (χ0) is 25.7. The number of allylic oxidation sites excluding steroid dienone is 2. The largest absolute Gasteiger partial charge is 0.397 e. The first kappa shape index (κ1) is 22.2. The van der Waals surface area contributed by atoms with E-state index in [1.54, 1.807) is 42.5 Å². The van der Waals surface area contributed by atoms with E-state index in [1.165, 1.54) is 0 Å². The SMILES string of the molecule is NC1=[C+]C(N)=C2C=C1Nc1cc(c(N)cc1N)Nc1cc(c(N)cc1N)Nc1cc(c(N)cc1N)N2. The van der Waals surface area contributed by atoms with Crippen LogP contribution < -0.4 is 67.1 Å². The molecule has 0 spiro atoms. The topological polar surface area (TPSA) is 256 Å². The highest BCUT2D eigenvalue weighted by atomic mass is 15.0. The Hall–Kier alpha value is -5.61. The van der Waals surface area contributed by atoms with Crippen LogP contribution in [-0.4, -0.2) is 0 Å². The van der Waals surface area contributed by atoms with Gasteiger partial charge in [-0.2, -0.15) is 0 Å². The third-order valence-corrected chi connectivity index (χ3v) is 5.88. The fourth-order valence-corrected chi connectivity index (χ4v) is 3.92. The minimum atomic E-state index is 0.296. The molecule has 3 aromatic rings. The number of nitrogen functional groups attached to an aromatic ring is 6. The predicted octanol–water partition coefficient (Wildman–Crippen LogP) is 2.22. The van der Waals surface area contributed by atoms with Crippen molar-refractivity contribution in [3.05, 3.63) is 71.3 Å². The minimum Gasteiger partial charge on any atom is -0.397 e. The lowest BCUT2D eigenvalue weighted by Gasteiger charge is -2.20. The summed E-state index contributed by atoms with van der Waals surface area (Å²) in [6, 6.07) is 10.2. The normalized spacial score (nSPS) is 14.2. The lowest BCUT2D eigenvalue weighted by molar-refractivity contribution is 1.17. The van der Waals surface area contributed by atoms with E-state index in [1.807, 2.05) is 0 Å². The molecule has 0 fully saturated rings. The van der Waals surface area contributed by atoms with E-state index in [2.05, 4.69) is 27.3 Å². The Morgan fingerprint density at radius 1 is 0.444 bits per heavy atom. The van der Waals surface area contributed by atoms with Gasteiger partial charge < -0.3 is 56.5 Å². The summed E-state index contributed by atoms with van der Waals surface area (Å²) >= 11 is 0. The molecule has 5 rings (SSSR count). The van der Waals surface area contributed by atoms with E-state index < -0.39 is 0 Å². The standard InChI is InChI=1S/C24H27N12/c25-9-1-10(26)18-5-17(9)33-19-6-21(13(29)2-11(19)27)35-23-8-24(16(32)4-15(23)31)36-22-7-20(34-18)12(28)3-14(22)30/h1-3,5-8,33-36H,25-32H2/q+1. The molecule has 1 aliphatic carbocycles. The Morgan fingerprint density at radius 2 is 0.806 bits per heavy atom. The number of anilines is 12. The summed E-state index contributed by atoms with van der Waals surface area (Å²) in [5.41, 5.74) is 57.4. The average Bonchev–Trinajstić information content (AvgIpc) is 2.79. The maximum absolute atomic E-state index is 6.25. The molecule has 0 unspecified atom stereocenters. The Balaban J connectivity index is 1.73. The number of nitrogens with one attached hydrogen (secondary N) is 4. The summed E-state index contributed by atoms with van der Waals surface area (Å²) in [5, 5.41) is 13.0. The maximum atomic E-state index is 6.25. The van der Waals surface area contributed by atoms with Crippen molar-refractivity contribution >= 4 is 68.2 Å². The van der Waals surface area contributed by atoms with Crippen LogP contribution in [0, 0.1) is 6.08 Å². The highest BCUT2D eigenvalue weighted by Crippen LogP contribution is 2.40. The lowest BCUT2D eigenvalue weighted by Crippen LogP contribution is -2.20. The summed E-state index contributed by atoms with van der Waals surface area (Å²) in [5.74, 6) is 0. The van der Waals surface area contributed by atoms with Crippen molar-refractivity contribution in [2.45, 2.75) is 0 Å².